The van der Waals surface area contributed by atoms with Gasteiger partial charge < -0.3 is 19.5 Å². The number of thiophene rings is 1. The lowest BCUT2D eigenvalue weighted by atomic mass is 9.72. The smallest absolute Gasteiger partial charge is 0.259 e. The topological polar surface area (TPSA) is 69.2 Å². The van der Waals surface area contributed by atoms with Gasteiger partial charge in [-0.1, -0.05) is 32.4 Å². The van der Waals surface area contributed by atoms with E-state index in [0.29, 0.717) is 44.4 Å². The van der Waals surface area contributed by atoms with E-state index in [1.807, 2.05) is 12.1 Å². The molecule has 2 aromatic carbocycles. The van der Waals surface area contributed by atoms with Crippen LogP contribution in [-0.2, 0) is 12.8 Å². The fourth-order valence-corrected chi connectivity index (χ4v) is 6.11. The summed E-state index contributed by atoms with van der Waals surface area (Å²) in [4.78, 5) is 19.6. The van der Waals surface area contributed by atoms with Crippen LogP contribution in [0.2, 0.25) is 5.02 Å². The number of benzene rings is 2. The number of aliphatic imine (C=N–C) groups is 1. The molecule has 0 fully saturated rings. The van der Waals surface area contributed by atoms with Crippen molar-refractivity contribution >= 4 is 45.7 Å². The van der Waals surface area contributed by atoms with Gasteiger partial charge >= 0.3 is 0 Å². The molecule has 1 atom stereocenters. The van der Waals surface area contributed by atoms with Crippen LogP contribution in [0.25, 0.3) is 0 Å². The Morgan fingerprint density at radius 3 is 2.38 bits per heavy atom. The SMILES string of the molecule is COc1ccc(C=Nc2sc3c(c2C(=O)Nc2ccc(Cl)cc2)CC[C@@H](C(C)(C)C)C3)c(OC)c1OC. The van der Waals surface area contributed by atoms with Crippen LogP contribution in [0.3, 0.4) is 0 Å². The second-order valence-electron chi connectivity index (χ2n) is 10.1. The highest BCUT2D eigenvalue weighted by Crippen LogP contribution is 2.46. The molecule has 0 aliphatic heterocycles. The highest BCUT2D eigenvalue weighted by atomic mass is 35.5. The zero-order valence-electron chi connectivity index (χ0n) is 22.1. The van der Waals surface area contributed by atoms with Crippen LogP contribution in [0.15, 0.2) is 41.4 Å². The van der Waals surface area contributed by atoms with E-state index in [2.05, 4.69) is 26.1 Å². The fourth-order valence-electron chi connectivity index (χ4n) is 4.72. The fraction of sp³-hybridized carbons (Fsp3) is 0.379. The molecule has 0 radical (unpaired) electrons. The first kappa shape index (κ1) is 27.0. The summed E-state index contributed by atoms with van der Waals surface area (Å²) >= 11 is 7.62. The van der Waals surface area contributed by atoms with Gasteiger partial charge in [0.15, 0.2) is 11.5 Å². The molecule has 4 rings (SSSR count). The third-order valence-electron chi connectivity index (χ3n) is 6.86. The number of amides is 1. The molecule has 0 bridgehead atoms. The first-order chi connectivity index (χ1) is 17.7. The molecule has 1 N–H and O–H groups in total. The Morgan fingerprint density at radius 1 is 1.05 bits per heavy atom. The second kappa shape index (κ2) is 11.2. The van der Waals surface area contributed by atoms with E-state index in [0.717, 1.165) is 30.4 Å². The van der Waals surface area contributed by atoms with Crippen molar-refractivity contribution in [2.75, 3.05) is 26.6 Å². The van der Waals surface area contributed by atoms with Crippen LogP contribution in [-0.4, -0.2) is 33.5 Å². The third-order valence-corrected chi connectivity index (χ3v) is 8.27. The van der Waals surface area contributed by atoms with Crippen LogP contribution in [0.5, 0.6) is 17.2 Å². The average Bonchev–Trinajstić information content (AvgIpc) is 3.25. The number of ether oxygens (including phenoxy) is 3. The summed E-state index contributed by atoms with van der Waals surface area (Å²) in [6.45, 7) is 6.85. The van der Waals surface area contributed by atoms with Crippen molar-refractivity contribution in [1.82, 2.24) is 0 Å². The number of anilines is 1. The van der Waals surface area contributed by atoms with Crippen LogP contribution in [0.4, 0.5) is 10.7 Å². The van der Waals surface area contributed by atoms with Crippen molar-refractivity contribution in [3.05, 3.63) is 63.0 Å². The summed E-state index contributed by atoms with van der Waals surface area (Å²) in [7, 11) is 4.73. The summed E-state index contributed by atoms with van der Waals surface area (Å²) in [6.07, 6.45) is 4.56. The number of methoxy groups -OCH3 is 3. The quantitative estimate of drug-likeness (QED) is 0.313. The Labute approximate surface area is 227 Å². The standard InChI is InChI=1S/C29H33ClN2O4S/c1-29(2,3)18-8-13-21-23(15-18)37-28(24(21)27(33)32-20-11-9-19(30)10-12-20)31-16-17-7-14-22(34-4)26(36-6)25(17)35-5/h7,9-12,14,16,18H,8,13,15H2,1-6H3,(H,32,33)/t18-/m1/s1. The van der Waals surface area contributed by atoms with Gasteiger partial charge in [-0.2, -0.15) is 0 Å². The summed E-state index contributed by atoms with van der Waals surface area (Å²) < 4.78 is 16.5. The van der Waals surface area contributed by atoms with Gasteiger partial charge in [-0.05, 0) is 72.6 Å². The number of fused-ring (bicyclic) bond motifs is 1. The lowest BCUT2D eigenvalue weighted by Crippen LogP contribution is -2.27. The maximum atomic E-state index is 13.6. The number of carbonyl (C=O) groups is 1. The minimum absolute atomic E-state index is 0.166. The third kappa shape index (κ3) is 5.78. The van der Waals surface area contributed by atoms with Crippen LogP contribution in [0.1, 0.15) is 53.6 Å². The normalized spacial score (nSPS) is 15.4. The van der Waals surface area contributed by atoms with E-state index in [9.17, 15) is 4.79 Å². The Kier molecular flexibility index (Phi) is 8.14. The largest absolute Gasteiger partial charge is 0.493 e. The van der Waals surface area contributed by atoms with Crippen molar-refractivity contribution in [2.24, 2.45) is 16.3 Å². The molecule has 37 heavy (non-hydrogen) atoms. The van der Waals surface area contributed by atoms with Gasteiger partial charge in [-0.15, -0.1) is 11.3 Å². The summed E-state index contributed by atoms with van der Waals surface area (Å²) in [5, 5.41) is 4.33. The first-order valence-electron chi connectivity index (χ1n) is 12.2. The molecule has 1 heterocycles. The van der Waals surface area contributed by atoms with Gasteiger partial charge in [0.25, 0.3) is 5.91 Å². The number of nitrogens with zero attached hydrogens (tertiary/aromatic N) is 1. The second-order valence-corrected chi connectivity index (χ2v) is 11.7. The predicted octanol–water partition coefficient (Wildman–Crippen LogP) is 7.58. The Balaban J connectivity index is 1.75. The molecule has 1 aliphatic carbocycles. The molecule has 6 nitrogen and oxygen atoms in total. The maximum Gasteiger partial charge on any atom is 0.259 e. The summed E-state index contributed by atoms with van der Waals surface area (Å²) in [5.74, 6) is 1.97. The molecule has 8 heteroatoms. The number of rotatable bonds is 7. The van der Waals surface area contributed by atoms with Gasteiger partial charge in [0.05, 0.1) is 26.9 Å². The van der Waals surface area contributed by atoms with Crippen molar-refractivity contribution in [1.29, 1.82) is 0 Å². The maximum absolute atomic E-state index is 13.6. The van der Waals surface area contributed by atoms with Gasteiger partial charge in [0.2, 0.25) is 5.75 Å². The van der Waals surface area contributed by atoms with Crippen molar-refractivity contribution in [3.8, 4) is 17.2 Å². The van der Waals surface area contributed by atoms with Crippen molar-refractivity contribution in [2.45, 2.75) is 40.0 Å². The molecule has 196 valence electrons. The van der Waals surface area contributed by atoms with E-state index >= 15 is 0 Å². The van der Waals surface area contributed by atoms with Gasteiger partial charge in [0, 0.05) is 27.4 Å². The summed E-state index contributed by atoms with van der Waals surface area (Å²) in [6, 6.07) is 10.8. The monoisotopic (exact) mass is 540 g/mol. The minimum Gasteiger partial charge on any atom is -0.493 e. The Morgan fingerprint density at radius 2 is 1.76 bits per heavy atom. The van der Waals surface area contributed by atoms with Crippen LogP contribution in [0, 0.1) is 11.3 Å². The molecule has 0 saturated carbocycles. The van der Waals surface area contributed by atoms with E-state index in [4.69, 9.17) is 30.8 Å². The molecule has 1 aliphatic rings. The number of halogens is 1. The molecule has 3 aromatic rings. The number of hydrogen-bond acceptors (Lipinski definition) is 6. The van der Waals surface area contributed by atoms with Gasteiger partial charge in [-0.25, -0.2) is 4.99 Å². The van der Waals surface area contributed by atoms with Crippen molar-refractivity contribution in [3.63, 3.8) is 0 Å². The molecule has 0 saturated heterocycles. The minimum atomic E-state index is -0.166. The van der Waals surface area contributed by atoms with E-state index in [1.165, 1.54) is 4.88 Å². The van der Waals surface area contributed by atoms with Gasteiger partial charge in [-0.3, -0.25) is 4.79 Å². The van der Waals surface area contributed by atoms with Crippen molar-refractivity contribution < 1.29 is 19.0 Å². The average molecular weight is 541 g/mol. The highest BCUT2D eigenvalue weighted by Gasteiger charge is 2.33. The molecule has 1 aromatic heterocycles. The molecule has 1 amide bonds. The van der Waals surface area contributed by atoms with Gasteiger partial charge in [0.1, 0.15) is 5.00 Å². The molecule has 0 unspecified atom stereocenters. The number of nitrogens with one attached hydrogen (secondary N) is 1. The molecular formula is C29H33ClN2O4S. The lowest BCUT2D eigenvalue weighted by molar-refractivity contribution is 0.102. The zero-order valence-corrected chi connectivity index (χ0v) is 23.7. The highest BCUT2D eigenvalue weighted by molar-refractivity contribution is 7.16. The van der Waals surface area contributed by atoms with Crippen LogP contribution < -0.4 is 19.5 Å². The molecular weight excluding hydrogens is 508 g/mol. The van der Waals surface area contributed by atoms with E-state index in [-0.39, 0.29) is 11.3 Å². The number of hydrogen-bond donors (Lipinski definition) is 1. The first-order valence-corrected chi connectivity index (χ1v) is 13.4. The Hall–Kier alpha value is -3.03. The lowest BCUT2D eigenvalue weighted by Gasteiger charge is -2.33. The van der Waals surface area contributed by atoms with E-state index < -0.39 is 0 Å². The molecule has 0 spiro atoms. The summed E-state index contributed by atoms with van der Waals surface area (Å²) in [5.41, 5.74) is 3.35. The van der Waals surface area contributed by atoms with Crippen LogP contribution >= 0.6 is 22.9 Å². The van der Waals surface area contributed by atoms with E-state index in [1.54, 1.807) is 63.1 Å². The number of carbonyl (C=O) groups excluding carboxylic acids is 1. The zero-order chi connectivity index (χ0) is 26.7. The Bertz CT molecular complexity index is 1310. The predicted molar refractivity (Wildman–Crippen MR) is 152 cm³/mol.